The zero-order chi connectivity index (χ0) is 20.6. The summed E-state index contributed by atoms with van der Waals surface area (Å²) in [7, 11) is 3.06. The van der Waals surface area contributed by atoms with E-state index in [-0.39, 0.29) is 12.6 Å². The summed E-state index contributed by atoms with van der Waals surface area (Å²) in [4.78, 5) is 12.6. The van der Waals surface area contributed by atoms with Crippen LogP contribution < -0.4 is 24.8 Å². The average Bonchev–Trinajstić information content (AvgIpc) is 2.76. The molecule has 0 aliphatic heterocycles. The van der Waals surface area contributed by atoms with Gasteiger partial charge in [-0.15, -0.1) is 0 Å². The third-order valence-electron chi connectivity index (χ3n) is 4.12. The Labute approximate surface area is 174 Å². The van der Waals surface area contributed by atoms with Crippen LogP contribution in [0.5, 0.6) is 17.2 Å². The number of carbonyl (C=O) groups excluding carboxylic acids is 1. The van der Waals surface area contributed by atoms with Crippen molar-refractivity contribution in [3.63, 3.8) is 0 Å². The van der Waals surface area contributed by atoms with Crippen molar-refractivity contribution in [3.05, 3.63) is 77.3 Å². The predicted molar refractivity (Wildman–Crippen MR) is 115 cm³/mol. The van der Waals surface area contributed by atoms with E-state index in [1.165, 1.54) is 14.2 Å². The SMILES string of the molecule is COc1ccc(C(=O)Nc2cc(NCOc3ccccc3)ccc2Cl)cc1OC. The highest BCUT2D eigenvalue weighted by atomic mass is 35.5. The maximum absolute atomic E-state index is 12.6. The maximum atomic E-state index is 12.6. The Morgan fingerprint density at radius 3 is 2.41 bits per heavy atom. The quantitative estimate of drug-likeness (QED) is 0.506. The van der Waals surface area contributed by atoms with Crippen LogP contribution in [0.1, 0.15) is 10.4 Å². The molecule has 0 bridgehead atoms. The molecule has 0 atom stereocenters. The molecule has 7 heteroatoms. The Balaban J connectivity index is 1.67. The van der Waals surface area contributed by atoms with Crippen molar-refractivity contribution in [3.8, 4) is 17.2 Å². The van der Waals surface area contributed by atoms with Gasteiger partial charge >= 0.3 is 0 Å². The number of methoxy groups -OCH3 is 2. The summed E-state index contributed by atoms with van der Waals surface area (Å²) in [5.41, 5.74) is 1.66. The minimum atomic E-state index is -0.314. The van der Waals surface area contributed by atoms with Gasteiger partial charge in [0.2, 0.25) is 0 Å². The molecule has 3 aromatic carbocycles. The summed E-state index contributed by atoms with van der Waals surface area (Å²) in [6.45, 7) is 0.273. The lowest BCUT2D eigenvalue weighted by molar-refractivity contribution is 0.102. The molecule has 0 aliphatic rings. The molecule has 29 heavy (non-hydrogen) atoms. The second-order valence-corrected chi connectivity index (χ2v) is 6.40. The van der Waals surface area contributed by atoms with Crippen LogP contribution in [0.2, 0.25) is 5.02 Å². The van der Waals surface area contributed by atoms with Gasteiger partial charge in [-0.1, -0.05) is 29.8 Å². The molecule has 0 aromatic heterocycles. The largest absolute Gasteiger partial charge is 0.493 e. The molecule has 2 N–H and O–H groups in total. The molecule has 0 saturated heterocycles. The van der Waals surface area contributed by atoms with Gasteiger partial charge in [0.1, 0.15) is 5.75 Å². The first-order valence-corrected chi connectivity index (χ1v) is 9.23. The number of nitrogens with one attached hydrogen (secondary N) is 2. The summed E-state index contributed by atoms with van der Waals surface area (Å²) < 4.78 is 16.1. The number of anilines is 2. The van der Waals surface area contributed by atoms with Gasteiger partial charge in [0.05, 0.1) is 24.9 Å². The van der Waals surface area contributed by atoms with Crippen molar-refractivity contribution in [2.24, 2.45) is 0 Å². The van der Waals surface area contributed by atoms with E-state index in [4.69, 9.17) is 25.8 Å². The number of ether oxygens (including phenoxy) is 3. The Hall–Kier alpha value is -3.38. The molecule has 6 nitrogen and oxygen atoms in total. The molecule has 0 radical (unpaired) electrons. The van der Waals surface area contributed by atoms with E-state index >= 15 is 0 Å². The molecule has 150 valence electrons. The lowest BCUT2D eigenvalue weighted by Crippen LogP contribution is -2.13. The Morgan fingerprint density at radius 2 is 1.69 bits per heavy atom. The van der Waals surface area contributed by atoms with Crippen LogP contribution >= 0.6 is 11.6 Å². The minimum Gasteiger partial charge on any atom is -0.493 e. The van der Waals surface area contributed by atoms with Crippen LogP contribution in [-0.4, -0.2) is 26.9 Å². The van der Waals surface area contributed by atoms with Crippen molar-refractivity contribution >= 4 is 28.9 Å². The highest BCUT2D eigenvalue weighted by molar-refractivity contribution is 6.34. The maximum Gasteiger partial charge on any atom is 0.255 e. The summed E-state index contributed by atoms with van der Waals surface area (Å²) >= 11 is 6.25. The molecule has 0 unspecified atom stereocenters. The Bertz CT molecular complexity index is 980. The van der Waals surface area contributed by atoms with E-state index in [0.29, 0.717) is 27.8 Å². The van der Waals surface area contributed by atoms with Crippen molar-refractivity contribution in [1.82, 2.24) is 0 Å². The van der Waals surface area contributed by atoms with Gasteiger partial charge in [0.25, 0.3) is 5.91 Å². The molecule has 0 saturated carbocycles. The molecule has 3 aromatic rings. The van der Waals surface area contributed by atoms with Gasteiger partial charge < -0.3 is 24.8 Å². The Morgan fingerprint density at radius 1 is 0.931 bits per heavy atom. The first-order chi connectivity index (χ1) is 14.1. The fourth-order valence-electron chi connectivity index (χ4n) is 2.62. The minimum absolute atomic E-state index is 0.273. The standard InChI is InChI=1S/C22H21ClN2O4/c1-27-20-11-8-15(12-21(20)28-2)22(26)25-19-13-16(9-10-18(19)23)24-14-29-17-6-4-3-5-7-17/h3-13,24H,14H2,1-2H3,(H,25,26). The first-order valence-electron chi connectivity index (χ1n) is 8.85. The fourth-order valence-corrected chi connectivity index (χ4v) is 2.79. The van der Waals surface area contributed by atoms with Crippen LogP contribution in [-0.2, 0) is 0 Å². The number of hydrogen-bond acceptors (Lipinski definition) is 5. The number of halogens is 1. The fraction of sp³-hybridized carbons (Fsp3) is 0.136. The highest BCUT2D eigenvalue weighted by Gasteiger charge is 2.13. The molecule has 0 spiro atoms. The molecule has 0 fully saturated rings. The van der Waals surface area contributed by atoms with E-state index in [2.05, 4.69) is 10.6 Å². The summed E-state index contributed by atoms with van der Waals surface area (Å²) in [6.07, 6.45) is 0. The van der Waals surface area contributed by atoms with Crippen molar-refractivity contribution in [2.45, 2.75) is 0 Å². The monoisotopic (exact) mass is 412 g/mol. The smallest absolute Gasteiger partial charge is 0.255 e. The van der Waals surface area contributed by atoms with Crippen LogP contribution in [0.25, 0.3) is 0 Å². The zero-order valence-corrected chi connectivity index (χ0v) is 16.8. The van der Waals surface area contributed by atoms with Crippen molar-refractivity contribution < 1.29 is 19.0 Å². The van der Waals surface area contributed by atoms with E-state index in [1.54, 1.807) is 30.3 Å². The number of para-hydroxylation sites is 1. The van der Waals surface area contributed by atoms with Gasteiger partial charge in [0, 0.05) is 11.3 Å². The number of hydrogen-bond donors (Lipinski definition) is 2. The van der Waals surface area contributed by atoms with Crippen molar-refractivity contribution in [1.29, 1.82) is 0 Å². The highest BCUT2D eigenvalue weighted by Crippen LogP contribution is 2.29. The number of rotatable bonds is 8. The van der Waals surface area contributed by atoms with Gasteiger partial charge in [-0.2, -0.15) is 0 Å². The molecular weight excluding hydrogens is 392 g/mol. The number of benzene rings is 3. The van der Waals surface area contributed by atoms with E-state index in [9.17, 15) is 4.79 Å². The summed E-state index contributed by atoms with van der Waals surface area (Å²) in [6, 6.07) is 19.7. The summed E-state index contributed by atoms with van der Waals surface area (Å²) in [5, 5.41) is 6.38. The van der Waals surface area contributed by atoms with Gasteiger partial charge in [-0.05, 0) is 48.5 Å². The third kappa shape index (κ3) is 5.33. The van der Waals surface area contributed by atoms with Crippen LogP contribution in [0.4, 0.5) is 11.4 Å². The molecule has 0 aliphatic carbocycles. The van der Waals surface area contributed by atoms with E-state index < -0.39 is 0 Å². The molecular formula is C22H21ClN2O4. The lowest BCUT2D eigenvalue weighted by atomic mass is 10.1. The molecule has 1 amide bonds. The van der Waals surface area contributed by atoms with Gasteiger partial charge in [-0.25, -0.2) is 0 Å². The Kier molecular flexibility index (Phi) is 6.81. The van der Waals surface area contributed by atoms with E-state index in [0.717, 1.165) is 11.4 Å². The van der Waals surface area contributed by atoms with Crippen LogP contribution in [0.3, 0.4) is 0 Å². The van der Waals surface area contributed by atoms with Crippen molar-refractivity contribution in [2.75, 3.05) is 31.6 Å². The lowest BCUT2D eigenvalue weighted by Gasteiger charge is -2.13. The third-order valence-corrected chi connectivity index (χ3v) is 4.45. The first kappa shape index (κ1) is 20.4. The van der Waals surface area contributed by atoms with Gasteiger partial charge in [0.15, 0.2) is 18.2 Å². The number of amides is 1. The topological polar surface area (TPSA) is 68.8 Å². The zero-order valence-electron chi connectivity index (χ0n) is 16.1. The predicted octanol–water partition coefficient (Wildman–Crippen LogP) is 5.06. The van der Waals surface area contributed by atoms with Gasteiger partial charge in [-0.3, -0.25) is 4.79 Å². The molecule has 3 rings (SSSR count). The summed E-state index contributed by atoms with van der Waals surface area (Å²) in [5.74, 6) is 1.47. The molecule has 0 heterocycles. The normalized spacial score (nSPS) is 10.2. The second kappa shape index (κ2) is 9.71. The number of carbonyl (C=O) groups is 1. The average molecular weight is 413 g/mol. The van der Waals surface area contributed by atoms with Crippen LogP contribution in [0.15, 0.2) is 66.7 Å². The second-order valence-electron chi connectivity index (χ2n) is 6.00. The van der Waals surface area contributed by atoms with E-state index in [1.807, 2.05) is 36.4 Å². The van der Waals surface area contributed by atoms with Crippen LogP contribution in [0, 0.1) is 0 Å².